The van der Waals surface area contributed by atoms with Crippen molar-refractivity contribution in [3.63, 3.8) is 0 Å². The maximum atomic E-state index is 11.8. The number of hydrogen-bond donors (Lipinski definition) is 1. The van der Waals surface area contributed by atoms with Gasteiger partial charge in [-0.05, 0) is 6.92 Å². The van der Waals surface area contributed by atoms with Crippen LogP contribution in [0.2, 0.25) is 0 Å². The van der Waals surface area contributed by atoms with Gasteiger partial charge >= 0.3 is 0 Å². The second kappa shape index (κ2) is 5.61. The first kappa shape index (κ1) is 13.4. The van der Waals surface area contributed by atoms with Gasteiger partial charge in [-0.3, -0.25) is 4.79 Å². The van der Waals surface area contributed by atoms with Gasteiger partial charge in [0.15, 0.2) is 0 Å². The third-order valence-electron chi connectivity index (χ3n) is 2.73. The number of aryl methyl sites for hydroxylation is 1. The van der Waals surface area contributed by atoms with Crippen LogP contribution in [-0.4, -0.2) is 35.9 Å². The quantitative estimate of drug-likeness (QED) is 0.885. The minimum atomic E-state index is 0. The molecule has 0 atom stereocenters. The highest BCUT2D eigenvalue weighted by atomic mass is 35.5. The van der Waals surface area contributed by atoms with E-state index in [1.165, 1.54) is 4.88 Å². The van der Waals surface area contributed by atoms with Crippen LogP contribution in [0.4, 0.5) is 0 Å². The molecule has 1 saturated heterocycles. The number of nitrogens with zero attached hydrogens (tertiary/aromatic N) is 2. The molecule has 2 rings (SSSR count). The van der Waals surface area contributed by atoms with Gasteiger partial charge in [-0.2, -0.15) is 0 Å². The summed E-state index contributed by atoms with van der Waals surface area (Å²) in [5.74, 6) is 0.421. The molecule has 16 heavy (non-hydrogen) atoms. The fourth-order valence-electron chi connectivity index (χ4n) is 1.55. The summed E-state index contributed by atoms with van der Waals surface area (Å²) in [6, 6.07) is 0. The van der Waals surface area contributed by atoms with E-state index in [-0.39, 0.29) is 24.2 Å². The van der Waals surface area contributed by atoms with E-state index >= 15 is 0 Å². The molecule has 0 spiro atoms. The number of nitrogens with one attached hydrogen (secondary N) is 1. The van der Waals surface area contributed by atoms with Crippen molar-refractivity contribution in [2.75, 3.05) is 20.1 Å². The smallest absolute Gasteiger partial charge is 0.228 e. The third kappa shape index (κ3) is 2.72. The van der Waals surface area contributed by atoms with Crippen molar-refractivity contribution in [2.45, 2.75) is 13.5 Å². The Morgan fingerprint density at radius 2 is 2.38 bits per heavy atom. The summed E-state index contributed by atoms with van der Waals surface area (Å²) in [7, 11) is 1.86. The molecule has 1 aromatic rings. The molecule has 0 aliphatic carbocycles. The van der Waals surface area contributed by atoms with E-state index in [2.05, 4.69) is 10.3 Å². The molecule has 1 fully saturated rings. The van der Waals surface area contributed by atoms with Gasteiger partial charge in [0.2, 0.25) is 5.91 Å². The van der Waals surface area contributed by atoms with Crippen LogP contribution < -0.4 is 5.32 Å². The zero-order valence-corrected chi connectivity index (χ0v) is 11.0. The molecular weight excluding hydrogens is 246 g/mol. The van der Waals surface area contributed by atoms with Crippen molar-refractivity contribution < 1.29 is 4.79 Å². The second-order valence-electron chi connectivity index (χ2n) is 3.91. The van der Waals surface area contributed by atoms with Crippen LogP contribution in [0.3, 0.4) is 0 Å². The Kier molecular flexibility index (Phi) is 4.70. The molecule has 1 amide bonds. The Morgan fingerprint density at radius 1 is 1.69 bits per heavy atom. The normalized spacial score (nSPS) is 15.1. The number of amides is 1. The molecule has 1 aromatic heterocycles. The summed E-state index contributed by atoms with van der Waals surface area (Å²) in [5, 5.41) is 3.11. The first-order valence-corrected chi connectivity index (χ1v) is 5.91. The summed E-state index contributed by atoms with van der Waals surface area (Å²) in [5.41, 5.74) is 2.86. The van der Waals surface area contributed by atoms with E-state index in [1.807, 2.05) is 19.5 Å². The Labute approximate surface area is 105 Å². The van der Waals surface area contributed by atoms with Crippen LogP contribution in [0.25, 0.3) is 0 Å². The lowest BCUT2D eigenvalue weighted by molar-refractivity contribution is -0.136. The predicted octanol–water partition coefficient (Wildman–Crippen LogP) is 1.05. The van der Waals surface area contributed by atoms with E-state index in [0.29, 0.717) is 6.54 Å². The number of halogens is 1. The highest BCUT2D eigenvalue weighted by Crippen LogP contribution is 2.16. The van der Waals surface area contributed by atoms with E-state index in [9.17, 15) is 4.79 Å². The number of carbonyl (C=O) groups is 1. The summed E-state index contributed by atoms with van der Waals surface area (Å²) in [4.78, 5) is 19.0. The van der Waals surface area contributed by atoms with Gasteiger partial charge in [0, 0.05) is 25.0 Å². The van der Waals surface area contributed by atoms with Crippen LogP contribution in [0, 0.1) is 12.8 Å². The summed E-state index contributed by atoms with van der Waals surface area (Å²) in [6.45, 7) is 4.32. The SMILES string of the molecule is Cc1ncsc1CN(C)C(=O)C1CNC1.Cl. The van der Waals surface area contributed by atoms with E-state index in [0.717, 1.165) is 18.8 Å². The zero-order chi connectivity index (χ0) is 10.8. The number of hydrogen-bond acceptors (Lipinski definition) is 4. The maximum Gasteiger partial charge on any atom is 0.228 e. The Bertz CT molecular complexity index is 365. The maximum absolute atomic E-state index is 11.8. The topological polar surface area (TPSA) is 45.2 Å². The fourth-order valence-corrected chi connectivity index (χ4v) is 2.38. The van der Waals surface area contributed by atoms with E-state index in [4.69, 9.17) is 0 Å². The van der Waals surface area contributed by atoms with Gasteiger partial charge in [0.1, 0.15) is 0 Å². The van der Waals surface area contributed by atoms with Crippen LogP contribution in [0.1, 0.15) is 10.6 Å². The number of thiazole rings is 1. The lowest BCUT2D eigenvalue weighted by Gasteiger charge is -2.30. The molecule has 90 valence electrons. The van der Waals surface area contributed by atoms with Gasteiger partial charge in [-0.25, -0.2) is 4.98 Å². The Hall–Kier alpha value is -0.650. The molecule has 1 N–H and O–H groups in total. The van der Waals surface area contributed by atoms with Gasteiger partial charge in [-0.1, -0.05) is 0 Å². The lowest BCUT2D eigenvalue weighted by Crippen LogP contribution is -2.50. The summed E-state index contributed by atoms with van der Waals surface area (Å²) in [6.07, 6.45) is 0. The zero-order valence-electron chi connectivity index (χ0n) is 9.40. The average Bonchev–Trinajstić information content (AvgIpc) is 2.49. The predicted molar refractivity (Wildman–Crippen MR) is 66.9 cm³/mol. The molecule has 1 aliphatic rings. The molecule has 4 nitrogen and oxygen atoms in total. The fraction of sp³-hybridized carbons (Fsp3) is 0.600. The standard InChI is InChI=1S/C10H15N3OS.ClH/c1-7-9(15-6-12-7)5-13(2)10(14)8-3-11-4-8;/h6,8,11H,3-5H2,1-2H3;1H. The first-order chi connectivity index (χ1) is 7.18. The molecule has 2 heterocycles. The second-order valence-corrected chi connectivity index (χ2v) is 4.85. The van der Waals surface area contributed by atoms with Crippen molar-refractivity contribution in [1.29, 1.82) is 0 Å². The lowest BCUT2D eigenvalue weighted by atomic mass is 10.0. The summed E-state index contributed by atoms with van der Waals surface area (Å²) >= 11 is 1.61. The van der Waals surface area contributed by atoms with Crippen LogP contribution in [-0.2, 0) is 11.3 Å². The highest BCUT2D eigenvalue weighted by Gasteiger charge is 2.27. The monoisotopic (exact) mass is 261 g/mol. The molecule has 0 radical (unpaired) electrons. The van der Waals surface area contributed by atoms with Gasteiger partial charge in [-0.15, -0.1) is 23.7 Å². The largest absolute Gasteiger partial charge is 0.340 e. The minimum absolute atomic E-state index is 0. The Morgan fingerprint density at radius 3 is 2.81 bits per heavy atom. The molecular formula is C10H16ClN3OS. The molecule has 0 aromatic carbocycles. The first-order valence-electron chi connectivity index (χ1n) is 5.03. The molecule has 6 heteroatoms. The van der Waals surface area contributed by atoms with Crippen molar-refractivity contribution in [2.24, 2.45) is 5.92 Å². The van der Waals surface area contributed by atoms with Crippen molar-refractivity contribution in [1.82, 2.24) is 15.2 Å². The third-order valence-corrected chi connectivity index (χ3v) is 3.65. The number of rotatable bonds is 3. The van der Waals surface area contributed by atoms with Crippen LogP contribution in [0.5, 0.6) is 0 Å². The number of aromatic nitrogens is 1. The number of carbonyl (C=O) groups excluding carboxylic acids is 1. The van der Waals surface area contributed by atoms with Crippen LogP contribution in [0.15, 0.2) is 5.51 Å². The van der Waals surface area contributed by atoms with Crippen molar-refractivity contribution >= 4 is 29.7 Å². The van der Waals surface area contributed by atoms with Crippen molar-refractivity contribution in [3.8, 4) is 0 Å². The Balaban J connectivity index is 0.00000128. The van der Waals surface area contributed by atoms with Gasteiger partial charge in [0.05, 0.1) is 23.7 Å². The van der Waals surface area contributed by atoms with E-state index in [1.54, 1.807) is 16.2 Å². The molecule has 0 bridgehead atoms. The molecule has 0 unspecified atom stereocenters. The minimum Gasteiger partial charge on any atom is -0.340 e. The average molecular weight is 262 g/mol. The van der Waals surface area contributed by atoms with Crippen LogP contribution >= 0.6 is 23.7 Å². The van der Waals surface area contributed by atoms with Gasteiger partial charge < -0.3 is 10.2 Å². The molecule has 1 aliphatic heterocycles. The van der Waals surface area contributed by atoms with E-state index < -0.39 is 0 Å². The summed E-state index contributed by atoms with van der Waals surface area (Å²) < 4.78 is 0. The molecule has 0 saturated carbocycles. The van der Waals surface area contributed by atoms with Crippen molar-refractivity contribution in [3.05, 3.63) is 16.1 Å². The van der Waals surface area contributed by atoms with Gasteiger partial charge in [0.25, 0.3) is 0 Å². The highest BCUT2D eigenvalue weighted by molar-refractivity contribution is 7.09.